The highest BCUT2D eigenvalue weighted by Crippen LogP contribution is 2.19. The summed E-state index contributed by atoms with van der Waals surface area (Å²) in [4.78, 5) is 14.6. The SMILES string of the molecule is Cc1ccccc1C(O)CNC(=O)C1CCN(CC(C)C)C1. The van der Waals surface area contributed by atoms with Gasteiger partial charge in [-0.15, -0.1) is 0 Å². The highest BCUT2D eigenvalue weighted by atomic mass is 16.3. The number of aryl methyl sites for hydroxylation is 1. The van der Waals surface area contributed by atoms with Gasteiger partial charge in [0, 0.05) is 19.6 Å². The third-order valence-electron chi connectivity index (χ3n) is 4.28. The number of aliphatic hydroxyl groups excluding tert-OH is 1. The lowest BCUT2D eigenvalue weighted by Gasteiger charge is -2.19. The molecule has 4 heteroatoms. The number of hydrogen-bond acceptors (Lipinski definition) is 3. The molecule has 122 valence electrons. The molecule has 0 spiro atoms. The van der Waals surface area contributed by atoms with Crippen molar-refractivity contribution in [2.24, 2.45) is 11.8 Å². The standard InChI is InChI=1S/C18H28N2O2/c1-13(2)11-20-9-8-15(12-20)18(22)19-10-17(21)16-7-5-4-6-14(16)3/h4-7,13,15,17,21H,8-12H2,1-3H3,(H,19,22). The number of aliphatic hydroxyl groups is 1. The van der Waals surface area contributed by atoms with Crippen molar-refractivity contribution in [1.29, 1.82) is 0 Å². The van der Waals surface area contributed by atoms with Crippen molar-refractivity contribution in [2.45, 2.75) is 33.3 Å². The number of nitrogens with one attached hydrogen (secondary N) is 1. The van der Waals surface area contributed by atoms with Gasteiger partial charge in [0.25, 0.3) is 0 Å². The van der Waals surface area contributed by atoms with Crippen molar-refractivity contribution in [2.75, 3.05) is 26.2 Å². The molecule has 2 unspecified atom stereocenters. The Morgan fingerprint density at radius 2 is 2.14 bits per heavy atom. The number of nitrogens with zero attached hydrogens (tertiary/aromatic N) is 1. The van der Waals surface area contributed by atoms with Crippen LogP contribution in [0.4, 0.5) is 0 Å². The maximum absolute atomic E-state index is 12.2. The van der Waals surface area contributed by atoms with Crippen molar-refractivity contribution in [1.82, 2.24) is 10.2 Å². The quantitative estimate of drug-likeness (QED) is 0.846. The molecule has 1 aliphatic heterocycles. The molecule has 1 aromatic carbocycles. The second kappa shape index (κ2) is 7.75. The Balaban J connectivity index is 1.80. The minimum absolute atomic E-state index is 0.0582. The third-order valence-corrected chi connectivity index (χ3v) is 4.28. The number of carbonyl (C=O) groups excluding carboxylic acids is 1. The molecule has 1 fully saturated rings. The highest BCUT2D eigenvalue weighted by molar-refractivity contribution is 5.79. The first-order valence-electron chi connectivity index (χ1n) is 8.21. The molecule has 2 atom stereocenters. The van der Waals surface area contributed by atoms with Crippen LogP contribution in [-0.2, 0) is 4.79 Å². The van der Waals surface area contributed by atoms with E-state index < -0.39 is 6.10 Å². The molecule has 0 saturated carbocycles. The Kier molecular flexibility index (Phi) is 5.98. The van der Waals surface area contributed by atoms with Crippen LogP contribution in [0.15, 0.2) is 24.3 Å². The van der Waals surface area contributed by atoms with Crippen LogP contribution in [0.3, 0.4) is 0 Å². The second-order valence-corrected chi connectivity index (χ2v) is 6.76. The molecule has 1 amide bonds. The maximum Gasteiger partial charge on any atom is 0.224 e. The molecule has 22 heavy (non-hydrogen) atoms. The van der Waals surface area contributed by atoms with E-state index in [-0.39, 0.29) is 18.4 Å². The summed E-state index contributed by atoms with van der Waals surface area (Å²) in [5.41, 5.74) is 1.93. The minimum Gasteiger partial charge on any atom is -0.387 e. The first kappa shape index (κ1) is 17.0. The van der Waals surface area contributed by atoms with Gasteiger partial charge in [-0.05, 0) is 36.9 Å². The van der Waals surface area contributed by atoms with Gasteiger partial charge in [-0.1, -0.05) is 38.1 Å². The third kappa shape index (κ3) is 4.55. The number of benzene rings is 1. The van der Waals surface area contributed by atoms with Crippen molar-refractivity contribution in [3.63, 3.8) is 0 Å². The van der Waals surface area contributed by atoms with Gasteiger partial charge in [-0.3, -0.25) is 4.79 Å². The summed E-state index contributed by atoms with van der Waals surface area (Å²) in [6, 6.07) is 7.74. The summed E-state index contributed by atoms with van der Waals surface area (Å²) >= 11 is 0. The zero-order valence-corrected chi connectivity index (χ0v) is 13.9. The predicted molar refractivity (Wildman–Crippen MR) is 88.5 cm³/mol. The molecule has 0 radical (unpaired) electrons. The van der Waals surface area contributed by atoms with Crippen molar-refractivity contribution in [3.05, 3.63) is 35.4 Å². The molecule has 2 N–H and O–H groups in total. The Labute approximate surface area is 133 Å². The van der Waals surface area contributed by atoms with Crippen LogP contribution in [0.25, 0.3) is 0 Å². The fourth-order valence-electron chi connectivity index (χ4n) is 3.14. The lowest BCUT2D eigenvalue weighted by Crippen LogP contribution is -2.35. The summed E-state index contributed by atoms with van der Waals surface area (Å²) in [7, 11) is 0. The number of carbonyl (C=O) groups is 1. The van der Waals surface area contributed by atoms with Crippen LogP contribution in [0.1, 0.15) is 37.5 Å². The molecule has 4 nitrogen and oxygen atoms in total. The maximum atomic E-state index is 12.2. The van der Waals surface area contributed by atoms with Gasteiger partial charge in [0.2, 0.25) is 5.91 Å². The number of likely N-dealkylation sites (tertiary alicyclic amines) is 1. The lowest BCUT2D eigenvalue weighted by molar-refractivity contribution is -0.125. The zero-order valence-electron chi connectivity index (χ0n) is 13.9. The molecule has 0 aromatic heterocycles. The van der Waals surface area contributed by atoms with Crippen molar-refractivity contribution >= 4 is 5.91 Å². The Morgan fingerprint density at radius 1 is 1.41 bits per heavy atom. The zero-order chi connectivity index (χ0) is 16.1. The van der Waals surface area contributed by atoms with E-state index in [1.807, 2.05) is 31.2 Å². The summed E-state index contributed by atoms with van der Waals surface area (Å²) in [6.45, 7) is 9.54. The minimum atomic E-state index is -0.640. The normalized spacial score (nSPS) is 20.3. The number of amides is 1. The fourth-order valence-corrected chi connectivity index (χ4v) is 3.14. The van der Waals surface area contributed by atoms with Crippen LogP contribution in [0.5, 0.6) is 0 Å². The highest BCUT2D eigenvalue weighted by Gasteiger charge is 2.28. The van der Waals surface area contributed by atoms with E-state index in [4.69, 9.17) is 0 Å². The summed E-state index contributed by atoms with van der Waals surface area (Å²) in [5, 5.41) is 13.1. The molecule has 0 aliphatic carbocycles. The van der Waals surface area contributed by atoms with Gasteiger partial charge in [0.15, 0.2) is 0 Å². The van der Waals surface area contributed by atoms with E-state index in [0.29, 0.717) is 5.92 Å². The van der Waals surface area contributed by atoms with Gasteiger partial charge >= 0.3 is 0 Å². The molecular formula is C18H28N2O2. The monoisotopic (exact) mass is 304 g/mol. The lowest BCUT2D eigenvalue weighted by atomic mass is 10.0. The Bertz CT molecular complexity index is 502. The smallest absolute Gasteiger partial charge is 0.224 e. The summed E-state index contributed by atoms with van der Waals surface area (Å²) < 4.78 is 0. The van der Waals surface area contributed by atoms with E-state index in [1.165, 1.54) is 0 Å². The fraction of sp³-hybridized carbons (Fsp3) is 0.611. The molecule has 1 heterocycles. The van der Waals surface area contributed by atoms with E-state index in [0.717, 1.165) is 37.2 Å². The van der Waals surface area contributed by atoms with Crippen LogP contribution >= 0.6 is 0 Å². The number of rotatable bonds is 6. The van der Waals surface area contributed by atoms with Crippen LogP contribution in [-0.4, -0.2) is 42.1 Å². The molecule has 1 aromatic rings. The molecule has 0 bridgehead atoms. The Hall–Kier alpha value is -1.39. The average Bonchev–Trinajstić information content (AvgIpc) is 2.92. The van der Waals surface area contributed by atoms with E-state index in [2.05, 4.69) is 24.1 Å². The first-order chi connectivity index (χ1) is 10.5. The van der Waals surface area contributed by atoms with Crippen molar-refractivity contribution < 1.29 is 9.90 Å². The number of hydrogen-bond donors (Lipinski definition) is 2. The van der Waals surface area contributed by atoms with Crippen LogP contribution in [0, 0.1) is 18.8 Å². The predicted octanol–water partition coefficient (Wildman–Crippen LogP) is 2.12. The average molecular weight is 304 g/mol. The van der Waals surface area contributed by atoms with Gasteiger partial charge < -0.3 is 15.3 Å². The first-order valence-corrected chi connectivity index (χ1v) is 8.21. The topological polar surface area (TPSA) is 52.6 Å². The van der Waals surface area contributed by atoms with Gasteiger partial charge in [0.1, 0.15) is 0 Å². The molecule has 1 aliphatic rings. The van der Waals surface area contributed by atoms with E-state index >= 15 is 0 Å². The largest absolute Gasteiger partial charge is 0.387 e. The summed E-state index contributed by atoms with van der Waals surface area (Å²) in [6.07, 6.45) is 0.275. The van der Waals surface area contributed by atoms with Crippen molar-refractivity contribution in [3.8, 4) is 0 Å². The molecule has 1 saturated heterocycles. The summed E-state index contributed by atoms with van der Waals surface area (Å²) in [5.74, 6) is 0.756. The van der Waals surface area contributed by atoms with Crippen LogP contribution < -0.4 is 5.32 Å². The Morgan fingerprint density at radius 3 is 2.82 bits per heavy atom. The van der Waals surface area contributed by atoms with E-state index in [9.17, 15) is 9.90 Å². The van der Waals surface area contributed by atoms with Gasteiger partial charge in [0.05, 0.1) is 12.0 Å². The van der Waals surface area contributed by atoms with Gasteiger partial charge in [-0.25, -0.2) is 0 Å². The van der Waals surface area contributed by atoms with E-state index in [1.54, 1.807) is 0 Å². The molecular weight excluding hydrogens is 276 g/mol. The molecule has 2 rings (SSSR count). The second-order valence-electron chi connectivity index (χ2n) is 6.76. The van der Waals surface area contributed by atoms with Crippen LogP contribution in [0.2, 0.25) is 0 Å². The van der Waals surface area contributed by atoms with Gasteiger partial charge in [-0.2, -0.15) is 0 Å².